The highest BCUT2D eigenvalue weighted by atomic mass is 31.2. The molecule has 0 heterocycles. The first-order chi connectivity index (χ1) is 53.3. The molecule has 9 aromatic carbocycles. The van der Waals surface area contributed by atoms with E-state index in [9.17, 15) is 55.6 Å². The number of ether oxygens (including phenoxy) is 4. The highest BCUT2D eigenvalue weighted by Gasteiger charge is 2.50. The van der Waals surface area contributed by atoms with Crippen molar-refractivity contribution >= 4 is 88.7 Å². The third-order valence-corrected chi connectivity index (χ3v) is 29.4. The Kier molecular flexibility index (Phi) is 29.3. The molecule has 9 aromatic rings. The average Bonchev–Trinajstić information content (AvgIpc) is 0.748. The van der Waals surface area contributed by atoms with Crippen LogP contribution in [0.1, 0.15) is 151 Å². The second-order valence-electron chi connectivity index (χ2n) is 28.2. The molecule has 0 N–H and O–H groups in total. The minimum Gasteiger partial charge on any atom is -0.860 e. The van der Waals surface area contributed by atoms with Crippen molar-refractivity contribution < 1.29 is 79.2 Å². The summed E-state index contributed by atoms with van der Waals surface area (Å²) in [6, 6.07) is 83.5. The molecule has 0 aromatic heterocycles. The van der Waals surface area contributed by atoms with Crippen molar-refractivity contribution in [2.45, 2.75) is 165 Å². The number of hydrogen-bond donors (Lipinski definition) is 0. The summed E-state index contributed by atoms with van der Waals surface area (Å²) in [5, 5.41) is 27.2. The molecule has 0 atom stereocenters. The van der Waals surface area contributed by atoms with E-state index >= 15 is 0 Å². The second kappa shape index (κ2) is 39.5. The quantitative estimate of drug-likeness (QED) is 0.00928. The molecule has 0 saturated heterocycles. The summed E-state index contributed by atoms with van der Waals surface area (Å²) in [6.07, 6.45) is 9.48. The largest absolute Gasteiger partial charge is 0.860 e. The fourth-order valence-electron chi connectivity index (χ4n) is 15.3. The molecule has 572 valence electrons. The van der Waals surface area contributed by atoms with Gasteiger partial charge in [0.25, 0.3) is 0 Å². The molecule has 13 rings (SSSR count). The van der Waals surface area contributed by atoms with Crippen LogP contribution in [0.3, 0.4) is 0 Å². The Morgan fingerprint density at radius 1 is 0.318 bits per heavy atom. The topological polar surface area (TPSA) is 161 Å². The summed E-state index contributed by atoms with van der Waals surface area (Å²) >= 11 is 0. The van der Waals surface area contributed by atoms with Crippen LogP contribution in [-0.4, -0.2) is 67.9 Å². The standard InChI is InChI=1S/2C41H44O4P.C8H3BF6O3/c2*42-40(44-33-21-9-2-10-22-33)39(41(43)45-34-23-11-3-12-24-34)38(32-19-7-1-8-20-32)31-46(35-25-13-4-14-26-35,36-27-15-5-16-28-36)37-29-17-6-18-30-37;10-7(11,12)4-1-5(8(13,14)15)3-6(2-4)18-9(16)17/h2*1,4-8,13-20,25-30,33-34H,2-3,9-12,21-24,31H2;1-3H/q2*+1;-2. The Balaban J connectivity index is 0.000000179. The lowest BCUT2D eigenvalue weighted by molar-refractivity contribution is -0.372. The minimum atomic E-state index is -5.05. The number of allylic oxidation sites excluding steroid dienone is 2. The molecule has 4 aliphatic rings. The van der Waals surface area contributed by atoms with Gasteiger partial charge in [-0.1, -0.05) is 196 Å². The lowest BCUT2D eigenvalue weighted by Gasteiger charge is -2.30. The molecule has 11 nitrogen and oxygen atoms in total. The molecular formula is C90H91BF6O11P2. The Morgan fingerprint density at radius 3 is 0.727 bits per heavy atom. The first kappa shape index (κ1) is 81.6. The smallest absolute Gasteiger partial charge is 0.416 e. The van der Waals surface area contributed by atoms with Crippen LogP contribution < -0.4 is 46.5 Å². The first-order valence-corrected chi connectivity index (χ1v) is 42.0. The van der Waals surface area contributed by atoms with Crippen LogP contribution >= 0.6 is 14.5 Å². The Morgan fingerprint density at radius 2 is 0.527 bits per heavy atom. The van der Waals surface area contributed by atoms with Crippen molar-refractivity contribution in [3.05, 3.63) is 294 Å². The van der Waals surface area contributed by atoms with E-state index in [2.05, 4.69) is 150 Å². The highest BCUT2D eigenvalue weighted by molar-refractivity contribution is 7.96. The molecule has 20 heteroatoms. The van der Waals surface area contributed by atoms with Crippen molar-refractivity contribution in [3.8, 4) is 5.75 Å². The van der Waals surface area contributed by atoms with Crippen LogP contribution in [0.4, 0.5) is 26.3 Å². The maximum absolute atomic E-state index is 14.4. The third-order valence-electron chi connectivity index (χ3n) is 20.7. The number of alkyl halides is 6. The van der Waals surface area contributed by atoms with E-state index in [0.717, 1.165) is 140 Å². The molecule has 0 aliphatic heterocycles. The van der Waals surface area contributed by atoms with Gasteiger partial charge in [0.1, 0.15) is 90.4 Å². The fraction of sp³-hybridized carbons (Fsp3) is 0.311. The van der Waals surface area contributed by atoms with E-state index in [1.807, 2.05) is 97.1 Å². The lowest BCUT2D eigenvalue weighted by atomic mass is 9.96. The second-order valence-corrected chi connectivity index (χ2v) is 35.2. The molecule has 110 heavy (non-hydrogen) atoms. The van der Waals surface area contributed by atoms with Gasteiger partial charge in [-0.25, -0.2) is 19.2 Å². The lowest BCUT2D eigenvalue weighted by Crippen LogP contribution is -2.50. The molecule has 0 unspecified atom stereocenters. The Labute approximate surface area is 642 Å². The van der Waals surface area contributed by atoms with Gasteiger partial charge in [0.05, 0.1) is 16.9 Å². The number of carbonyl (C=O) groups excluding carboxylic acids is 4. The number of halogens is 6. The van der Waals surface area contributed by atoms with Gasteiger partial charge >= 0.3 is 36.2 Å². The summed E-state index contributed by atoms with van der Waals surface area (Å²) in [4.78, 5) is 57.7. The normalized spacial score (nSPS) is 15.3. The predicted molar refractivity (Wildman–Crippen MR) is 421 cm³/mol. The van der Waals surface area contributed by atoms with Crippen molar-refractivity contribution in [3.63, 3.8) is 0 Å². The number of carbonyl (C=O) groups is 4. The van der Waals surface area contributed by atoms with Crippen molar-refractivity contribution in [2.75, 3.05) is 12.3 Å². The van der Waals surface area contributed by atoms with Crippen LogP contribution in [-0.2, 0) is 50.5 Å². The summed E-state index contributed by atoms with van der Waals surface area (Å²) in [7, 11) is -7.95. The van der Waals surface area contributed by atoms with Gasteiger partial charge in [0.2, 0.25) is 0 Å². The van der Waals surface area contributed by atoms with Crippen LogP contribution in [0, 0.1) is 0 Å². The summed E-state index contributed by atoms with van der Waals surface area (Å²) in [6.45, 7) is 0. The summed E-state index contributed by atoms with van der Waals surface area (Å²) in [5.41, 5.74) is -0.166. The maximum atomic E-state index is 14.4. The van der Waals surface area contributed by atoms with Gasteiger partial charge in [-0.15, -0.1) is 0 Å². The monoisotopic (exact) mass is 1530 g/mol. The molecule has 0 bridgehead atoms. The van der Waals surface area contributed by atoms with Crippen LogP contribution in [0.5, 0.6) is 5.75 Å². The van der Waals surface area contributed by atoms with Crippen molar-refractivity contribution in [1.82, 2.24) is 0 Å². The zero-order chi connectivity index (χ0) is 77.4. The maximum Gasteiger partial charge on any atom is 0.416 e. The van der Waals surface area contributed by atoms with E-state index in [1.54, 1.807) is 0 Å². The molecule has 0 amide bonds. The van der Waals surface area contributed by atoms with Gasteiger partial charge in [0, 0.05) is 11.1 Å². The van der Waals surface area contributed by atoms with Gasteiger partial charge in [-0.3, -0.25) is 0 Å². The molecule has 4 fully saturated rings. The number of benzene rings is 9. The first-order valence-electron chi connectivity index (χ1n) is 38.1. The molecule has 4 saturated carbocycles. The van der Waals surface area contributed by atoms with E-state index in [-0.39, 0.29) is 53.8 Å². The average molecular weight is 1540 g/mol. The van der Waals surface area contributed by atoms with E-state index in [1.165, 1.54) is 31.8 Å². The molecule has 0 radical (unpaired) electrons. The third kappa shape index (κ3) is 21.6. The van der Waals surface area contributed by atoms with Gasteiger partial charge in [-0.05, 0) is 205 Å². The number of esters is 4. The molecular weight excluding hydrogens is 1440 g/mol. The Bertz CT molecular complexity index is 3920. The fourth-order valence-corrected chi connectivity index (χ4v) is 23.9. The van der Waals surface area contributed by atoms with Crippen molar-refractivity contribution in [1.29, 1.82) is 0 Å². The highest BCUT2D eigenvalue weighted by Crippen LogP contribution is 2.60. The summed E-state index contributed by atoms with van der Waals surface area (Å²) < 4.78 is 102. The van der Waals surface area contributed by atoms with E-state index < -0.39 is 75.0 Å². The number of hydrogen-bond acceptors (Lipinski definition) is 11. The Hall–Kier alpha value is -9.44. The number of rotatable bonds is 22. The van der Waals surface area contributed by atoms with Gasteiger partial charge < -0.3 is 33.6 Å². The van der Waals surface area contributed by atoms with Crippen LogP contribution in [0.15, 0.2) is 272 Å². The van der Waals surface area contributed by atoms with E-state index in [0.29, 0.717) is 23.5 Å². The van der Waals surface area contributed by atoms with Gasteiger partial charge in [0.15, 0.2) is 11.1 Å². The molecule has 4 aliphatic carbocycles. The van der Waals surface area contributed by atoms with Gasteiger partial charge in [-0.2, -0.15) is 26.3 Å². The zero-order valence-corrected chi connectivity index (χ0v) is 63.2. The zero-order valence-electron chi connectivity index (χ0n) is 61.4. The van der Waals surface area contributed by atoms with Crippen LogP contribution in [0.25, 0.3) is 11.1 Å². The minimum absolute atomic E-state index is 0.0505. The predicted octanol–water partition coefficient (Wildman–Crippen LogP) is 17.2. The summed E-state index contributed by atoms with van der Waals surface area (Å²) in [5.74, 6) is -3.30. The van der Waals surface area contributed by atoms with Crippen molar-refractivity contribution in [2.24, 2.45) is 0 Å². The van der Waals surface area contributed by atoms with Crippen LogP contribution in [0.2, 0.25) is 0 Å². The molecule has 0 spiro atoms. The SMILES string of the molecule is O=C(OC1CCCCC1)C(C(=O)OC1CCCCC1)=C(C[P+](c1ccccc1)(c1ccccc1)c1ccccc1)c1ccccc1.O=C(OC1CCCCC1)C(C(=O)OC1CCCCC1)=C(C[P+](c1ccccc1)(c1ccccc1)c1ccccc1)c1ccccc1.[O-]B([O-])Oc1cc(C(F)(F)F)cc(C(F)(F)F)c1. The van der Waals surface area contributed by atoms with E-state index in [4.69, 9.17) is 18.9 Å².